The molecule has 0 amide bonds. The maximum Gasteiger partial charge on any atom is 0.0838 e. The molecule has 16 heavy (non-hydrogen) atoms. The highest BCUT2D eigenvalue weighted by Crippen LogP contribution is 2.62. The second-order valence-electron chi connectivity index (χ2n) is 5.99. The molecule has 0 radical (unpaired) electrons. The number of fused-ring (bicyclic) bond motifs is 3. The molecule has 0 heterocycles. The Hall–Kier alpha value is -0.120. The predicted molar refractivity (Wildman–Crippen MR) is 62.1 cm³/mol. The summed E-state index contributed by atoms with van der Waals surface area (Å²) in [5.41, 5.74) is 6.82. The molecule has 2 bridgehead atoms. The first-order valence-electron chi connectivity index (χ1n) is 6.52. The Bertz CT molecular complexity index is 265. The van der Waals surface area contributed by atoms with Crippen molar-refractivity contribution in [1.82, 2.24) is 0 Å². The summed E-state index contributed by atoms with van der Waals surface area (Å²) in [6.45, 7) is 0. The lowest BCUT2D eigenvalue weighted by atomic mass is 9.69. The summed E-state index contributed by atoms with van der Waals surface area (Å²) in [5, 5.41) is 0. The zero-order valence-electron chi connectivity index (χ0n) is 10.3. The third-order valence-corrected chi connectivity index (χ3v) is 5.64. The van der Waals surface area contributed by atoms with Gasteiger partial charge >= 0.3 is 0 Å². The first-order valence-corrected chi connectivity index (χ1v) is 6.52. The van der Waals surface area contributed by atoms with Crippen molar-refractivity contribution in [3.8, 4) is 0 Å². The highest BCUT2D eigenvalue weighted by molar-refractivity contribution is 5.13. The number of hydrogen-bond donors (Lipinski definition) is 1. The number of ether oxygens (including phenoxy) is 2. The van der Waals surface area contributed by atoms with Crippen LogP contribution in [-0.4, -0.2) is 32.5 Å². The lowest BCUT2D eigenvalue weighted by Gasteiger charge is -2.39. The number of nitrogens with two attached hydrogens (primary N) is 1. The van der Waals surface area contributed by atoms with Gasteiger partial charge in [-0.05, 0) is 49.4 Å². The van der Waals surface area contributed by atoms with Gasteiger partial charge in [-0.1, -0.05) is 0 Å². The molecule has 3 unspecified atom stereocenters. The minimum Gasteiger partial charge on any atom is -0.379 e. The van der Waals surface area contributed by atoms with Gasteiger partial charge in [0.1, 0.15) is 0 Å². The smallest absolute Gasteiger partial charge is 0.0838 e. The molecule has 0 aliphatic heterocycles. The second-order valence-corrected chi connectivity index (χ2v) is 5.99. The van der Waals surface area contributed by atoms with E-state index in [1.807, 2.05) is 0 Å². The van der Waals surface area contributed by atoms with Crippen LogP contribution in [0.3, 0.4) is 0 Å². The van der Waals surface area contributed by atoms with Crippen molar-refractivity contribution >= 4 is 0 Å². The Labute approximate surface area is 97.7 Å². The largest absolute Gasteiger partial charge is 0.379 e. The van der Waals surface area contributed by atoms with Gasteiger partial charge in [0.2, 0.25) is 0 Å². The van der Waals surface area contributed by atoms with E-state index < -0.39 is 0 Å². The van der Waals surface area contributed by atoms with Crippen LogP contribution in [0.1, 0.15) is 32.1 Å². The van der Waals surface area contributed by atoms with Crippen LogP contribution >= 0.6 is 0 Å². The Balaban J connectivity index is 1.85. The van der Waals surface area contributed by atoms with Crippen molar-refractivity contribution in [2.24, 2.45) is 23.0 Å². The molecule has 2 N–H and O–H groups in total. The van der Waals surface area contributed by atoms with Crippen LogP contribution < -0.4 is 5.73 Å². The highest BCUT2D eigenvalue weighted by atomic mass is 16.5. The monoisotopic (exact) mass is 225 g/mol. The zero-order valence-corrected chi connectivity index (χ0v) is 10.3. The molecular weight excluding hydrogens is 202 g/mol. The second kappa shape index (κ2) is 3.69. The van der Waals surface area contributed by atoms with E-state index in [9.17, 15) is 0 Å². The molecule has 6 atom stereocenters. The lowest BCUT2D eigenvalue weighted by Crippen LogP contribution is -2.45. The molecule has 92 valence electrons. The quantitative estimate of drug-likeness (QED) is 0.775. The van der Waals surface area contributed by atoms with Gasteiger partial charge in [-0.2, -0.15) is 0 Å². The van der Waals surface area contributed by atoms with E-state index in [4.69, 9.17) is 15.2 Å². The molecule has 1 spiro atoms. The molecule has 0 aromatic carbocycles. The molecular formula is C13H23NO2. The molecule has 3 aliphatic carbocycles. The number of methoxy groups -OCH3 is 2. The topological polar surface area (TPSA) is 44.5 Å². The van der Waals surface area contributed by atoms with Gasteiger partial charge in [0.15, 0.2) is 0 Å². The van der Waals surface area contributed by atoms with Gasteiger partial charge in [0.05, 0.1) is 12.2 Å². The summed E-state index contributed by atoms with van der Waals surface area (Å²) in [6, 6.07) is 0.393. The fourth-order valence-corrected chi connectivity index (χ4v) is 4.78. The number of rotatable bonds is 2. The first-order chi connectivity index (χ1) is 7.71. The van der Waals surface area contributed by atoms with Crippen molar-refractivity contribution in [1.29, 1.82) is 0 Å². The lowest BCUT2D eigenvalue weighted by molar-refractivity contribution is -0.0157. The molecule has 3 nitrogen and oxygen atoms in total. The van der Waals surface area contributed by atoms with Crippen molar-refractivity contribution < 1.29 is 9.47 Å². The van der Waals surface area contributed by atoms with Crippen LogP contribution in [0.5, 0.6) is 0 Å². The molecule has 0 aromatic rings. The fraction of sp³-hybridized carbons (Fsp3) is 1.00. The van der Waals surface area contributed by atoms with E-state index in [1.165, 1.54) is 19.3 Å². The fourth-order valence-electron chi connectivity index (χ4n) is 4.78. The summed E-state index contributed by atoms with van der Waals surface area (Å²) in [4.78, 5) is 0. The molecule has 0 saturated heterocycles. The van der Waals surface area contributed by atoms with Crippen molar-refractivity contribution in [2.75, 3.05) is 14.2 Å². The minimum absolute atomic E-state index is 0.260. The SMILES string of the molecule is COC1CC2(C[C@H]1OC)[C@H]1CCC(C1)[C@@H]2N. The van der Waals surface area contributed by atoms with Crippen molar-refractivity contribution in [3.63, 3.8) is 0 Å². The Morgan fingerprint density at radius 1 is 1.06 bits per heavy atom. The van der Waals surface area contributed by atoms with Crippen LogP contribution in [0, 0.1) is 17.3 Å². The third-order valence-electron chi connectivity index (χ3n) is 5.64. The molecule has 3 fully saturated rings. The van der Waals surface area contributed by atoms with E-state index in [1.54, 1.807) is 14.2 Å². The van der Waals surface area contributed by atoms with E-state index in [0.29, 0.717) is 11.5 Å². The van der Waals surface area contributed by atoms with Gasteiger partial charge in [0.25, 0.3) is 0 Å². The Morgan fingerprint density at radius 3 is 2.12 bits per heavy atom. The van der Waals surface area contributed by atoms with Crippen LogP contribution in [0.2, 0.25) is 0 Å². The molecule has 3 saturated carbocycles. The van der Waals surface area contributed by atoms with Gasteiger partial charge < -0.3 is 15.2 Å². The van der Waals surface area contributed by atoms with E-state index >= 15 is 0 Å². The molecule has 3 heteroatoms. The van der Waals surface area contributed by atoms with Gasteiger partial charge in [-0.25, -0.2) is 0 Å². The van der Waals surface area contributed by atoms with Gasteiger partial charge in [0, 0.05) is 20.3 Å². The van der Waals surface area contributed by atoms with Gasteiger partial charge in [-0.15, -0.1) is 0 Å². The zero-order chi connectivity index (χ0) is 11.3. The molecule has 3 aliphatic rings. The third kappa shape index (κ3) is 1.25. The molecule has 3 rings (SSSR count). The van der Waals surface area contributed by atoms with E-state index in [0.717, 1.165) is 24.7 Å². The number of hydrogen-bond acceptors (Lipinski definition) is 3. The minimum atomic E-state index is 0.260. The summed E-state index contributed by atoms with van der Waals surface area (Å²) in [5.74, 6) is 1.61. The first kappa shape index (κ1) is 11.0. The summed E-state index contributed by atoms with van der Waals surface area (Å²) < 4.78 is 11.2. The average molecular weight is 225 g/mol. The highest BCUT2D eigenvalue weighted by Gasteiger charge is 2.61. The van der Waals surface area contributed by atoms with Crippen LogP contribution in [0.25, 0.3) is 0 Å². The predicted octanol–water partition coefficient (Wildman–Crippen LogP) is 1.55. The van der Waals surface area contributed by atoms with E-state index in [2.05, 4.69) is 0 Å². The standard InChI is InChI=1S/C13H23NO2/c1-15-10-6-13(7-11(10)16-2)9-4-3-8(5-9)12(13)14/h8-12H,3-7,14H2,1-2H3/t8?,9-,10+,11?,12-,13?/m0/s1. The van der Waals surface area contributed by atoms with Crippen molar-refractivity contribution in [3.05, 3.63) is 0 Å². The molecule has 0 aromatic heterocycles. The van der Waals surface area contributed by atoms with Crippen LogP contribution in [-0.2, 0) is 9.47 Å². The summed E-state index contributed by atoms with van der Waals surface area (Å²) >= 11 is 0. The maximum atomic E-state index is 6.48. The van der Waals surface area contributed by atoms with Crippen LogP contribution in [0.15, 0.2) is 0 Å². The normalized spacial score (nSPS) is 55.3. The Kier molecular flexibility index (Phi) is 2.54. The summed E-state index contributed by atoms with van der Waals surface area (Å²) in [6.07, 6.45) is 6.84. The van der Waals surface area contributed by atoms with Crippen molar-refractivity contribution in [2.45, 2.75) is 50.4 Å². The Morgan fingerprint density at radius 2 is 1.69 bits per heavy atom. The van der Waals surface area contributed by atoms with Gasteiger partial charge in [-0.3, -0.25) is 0 Å². The van der Waals surface area contributed by atoms with E-state index in [-0.39, 0.29) is 12.2 Å². The summed E-state index contributed by atoms with van der Waals surface area (Å²) in [7, 11) is 3.60. The average Bonchev–Trinajstić information content (AvgIpc) is 2.97. The maximum absolute atomic E-state index is 6.48. The van der Waals surface area contributed by atoms with Crippen LogP contribution in [0.4, 0.5) is 0 Å².